The summed E-state index contributed by atoms with van der Waals surface area (Å²) in [5, 5.41) is 12.5. The molecule has 1 saturated carbocycles. The second-order valence-corrected chi connectivity index (χ2v) is 7.10. The van der Waals surface area contributed by atoms with Crippen molar-refractivity contribution < 1.29 is 18.7 Å². The maximum absolute atomic E-state index is 14.0. The zero-order chi connectivity index (χ0) is 17.3. The molecule has 1 saturated heterocycles. The van der Waals surface area contributed by atoms with E-state index in [1.54, 1.807) is 11.8 Å². The normalized spacial score (nSPS) is 21.4. The fourth-order valence-electron chi connectivity index (χ4n) is 3.61. The predicted molar refractivity (Wildman–Crippen MR) is 86.6 cm³/mol. The summed E-state index contributed by atoms with van der Waals surface area (Å²) in [6, 6.07) is 3.69. The maximum atomic E-state index is 14.0. The van der Waals surface area contributed by atoms with Gasteiger partial charge >= 0.3 is 6.03 Å². The second-order valence-electron chi connectivity index (χ2n) is 7.10. The number of likely N-dealkylation sites (tertiary alicyclic amines) is 1. The average molecular weight is 338 g/mol. The van der Waals surface area contributed by atoms with Gasteiger partial charge in [0.2, 0.25) is 0 Å². The number of aliphatic hydroxyl groups excluding tert-OH is 1. The van der Waals surface area contributed by atoms with E-state index in [1.165, 1.54) is 18.2 Å². The van der Waals surface area contributed by atoms with E-state index in [9.17, 15) is 18.7 Å². The van der Waals surface area contributed by atoms with Gasteiger partial charge in [0.15, 0.2) is 0 Å². The van der Waals surface area contributed by atoms with Gasteiger partial charge in [0.05, 0.1) is 6.10 Å². The molecule has 1 heterocycles. The van der Waals surface area contributed by atoms with Crippen molar-refractivity contribution in [1.29, 1.82) is 0 Å². The first-order chi connectivity index (χ1) is 11.4. The smallest absolute Gasteiger partial charge is 0.317 e. The van der Waals surface area contributed by atoms with E-state index >= 15 is 0 Å². The van der Waals surface area contributed by atoms with Crippen molar-refractivity contribution in [2.75, 3.05) is 19.6 Å². The molecule has 6 heteroatoms. The van der Waals surface area contributed by atoms with Crippen LogP contribution in [0.25, 0.3) is 0 Å². The molecule has 1 aromatic carbocycles. The van der Waals surface area contributed by atoms with Crippen LogP contribution in [-0.4, -0.2) is 41.8 Å². The topological polar surface area (TPSA) is 52.6 Å². The predicted octanol–water partition coefficient (Wildman–Crippen LogP) is 2.80. The first-order valence-electron chi connectivity index (χ1n) is 8.58. The molecule has 1 aliphatic carbocycles. The minimum absolute atomic E-state index is 0.0955. The molecule has 24 heavy (non-hydrogen) atoms. The molecule has 0 aromatic heterocycles. The largest absolute Gasteiger partial charge is 0.393 e. The van der Waals surface area contributed by atoms with E-state index < -0.39 is 17.0 Å². The van der Waals surface area contributed by atoms with Crippen LogP contribution in [-0.2, 0) is 5.41 Å². The van der Waals surface area contributed by atoms with Gasteiger partial charge in [-0.1, -0.05) is 6.07 Å². The zero-order valence-corrected chi connectivity index (χ0v) is 13.9. The molecule has 2 N–H and O–H groups in total. The number of nitrogens with zero attached hydrogens (tertiary/aromatic N) is 1. The van der Waals surface area contributed by atoms with E-state index in [-0.39, 0.29) is 30.2 Å². The number of benzene rings is 1. The number of urea groups is 1. The number of hydrogen-bond donors (Lipinski definition) is 2. The van der Waals surface area contributed by atoms with Gasteiger partial charge in [-0.2, -0.15) is 0 Å². The molecule has 1 aliphatic heterocycles. The molecule has 0 bridgehead atoms. The van der Waals surface area contributed by atoms with Gasteiger partial charge in [-0.15, -0.1) is 0 Å². The number of amides is 2. The van der Waals surface area contributed by atoms with E-state index in [0.717, 1.165) is 12.8 Å². The number of carbonyl (C=O) groups excluding carboxylic acids is 1. The molecule has 2 aliphatic rings. The van der Waals surface area contributed by atoms with Crippen LogP contribution in [0, 0.1) is 17.6 Å². The highest BCUT2D eigenvalue weighted by atomic mass is 19.1. The van der Waals surface area contributed by atoms with Crippen molar-refractivity contribution in [3.63, 3.8) is 0 Å². The van der Waals surface area contributed by atoms with Crippen LogP contribution < -0.4 is 5.32 Å². The lowest BCUT2D eigenvalue weighted by Crippen LogP contribution is -2.47. The molecular weight excluding hydrogens is 314 g/mol. The van der Waals surface area contributed by atoms with Crippen molar-refractivity contribution in [3.8, 4) is 0 Å². The first kappa shape index (κ1) is 17.1. The fourth-order valence-corrected chi connectivity index (χ4v) is 3.61. The van der Waals surface area contributed by atoms with E-state index in [4.69, 9.17) is 0 Å². The van der Waals surface area contributed by atoms with Crippen molar-refractivity contribution in [2.24, 2.45) is 5.92 Å². The molecular formula is C18H24F2N2O2. The van der Waals surface area contributed by atoms with Crippen LogP contribution in [0.5, 0.6) is 0 Å². The summed E-state index contributed by atoms with van der Waals surface area (Å²) in [6.45, 7) is 3.23. The Balaban J connectivity index is 1.57. The van der Waals surface area contributed by atoms with E-state index in [0.29, 0.717) is 25.9 Å². The zero-order valence-electron chi connectivity index (χ0n) is 13.9. The standard InChI is InChI=1S/C18H24F2N2O2/c1-12(23)13-5-9-22(10-6-13)17(24)21-11-18(7-8-18)16-14(19)3-2-4-15(16)20/h2-4,12-13,23H,5-11H2,1H3,(H,21,24). The summed E-state index contributed by atoms with van der Waals surface area (Å²) < 4.78 is 28.0. The molecule has 3 rings (SSSR count). The second kappa shape index (κ2) is 6.67. The van der Waals surface area contributed by atoms with Crippen molar-refractivity contribution in [1.82, 2.24) is 10.2 Å². The average Bonchev–Trinajstić information content (AvgIpc) is 3.33. The number of hydrogen-bond acceptors (Lipinski definition) is 2. The SMILES string of the molecule is CC(O)C1CCN(C(=O)NCC2(c3c(F)cccc3F)CC2)CC1. The summed E-state index contributed by atoms with van der Waals surface area (Å²) in [5.74, 6) is -0.852. The molecule has 2 fully saturated rings. The van der Waals surface area contributed by atoms with Gasteiger partial charge in [0.25, 0.3) is 0 Å². The molecule has 4 nitrogen and oxygen atoms in total. The molecule has 1 unspecified atom stereocenters. The number of aliphatic hydroxyl groups is 1. The quantitative estimate of drug-likeness (QED) is 0.887. The fraction of sp³-hybridized carbons (Fsp3) is 0.611. The third-order valence-corrected chi connectivity index (χ3v) is 5.43. The number of halogens is 2. The Bertz CT molecular complexity index is 589. The van der Waals surface area contributed by atoms with Gasteiger partial charge < -0.3 is 15.3 Å². The summed E-state index contributed by atoms with van der Waals surface area (Å²) >= 11 is 0. The van der Waals surface area contributed by atoms with Gasteiger partial charge in [-0.05, 0) is 50.7 Å². The molecule has 0 radical (unpaired) electrons. The highest BCUT2D eigenvalue weighted by Gasteiger charge is 2.48. The van der Waals surface area contributed by atoms with Crippen LogP contribution in [0.3, 0.4) is 0 Å². The van der Waals surface area contributed by atoms with Gasteiger partial charge in [-0.25, -0.2) is 13.6 Å². The monoisotopic (exact) mass is 338 g/mol. The first-order valence-corrected chi connectivity index (χ1v) is 8.58. The van der Waals surface area contributed by atoms with Crippen molar-refractivity contribution in [3.05, 3.63) is 35.4 Å². The maximum Gasteiger partial charge on any atom is 0.317 e. The van der Waals surface area contributed by atoms with Gasteiger partial charge in [0, 0.05) is 30.6 Å². The Morgan fingerprint density at radius 1 is 1.33 bits per heavy atom. The molecule has 2 amide bonds. The summed E-state index contributed by atoms with van der Waals surface area (Å²) in [7, 11) is 0. The van der Waals surface area contributed by atoms with Crippen LogP contribution in [0.1, 0.15) is 38.2 Å². The summed E-state index contributed by atoms with van der Waals surface area (Å²) in [6.07, 6.45) is 2.55. The highest BCUT2D eigenvalue weighted by molar-refractivity contribution is 5.74. The van der Waals surface area contributed by atoms with E-state index in [2.05, 4.69) is 5.32 Å². The third-order valence-electron chi connectivity index (χ3n) is 5.43. The lowest BCUT2D eigenvalue weighted by Gasteiger charge is -2.33. The van der Waals surface area contributed by atoms with Gasteiger partial charge in [0.1, 0.15) is 11.6 Å². The van der Waals surface area contributed by atoms with Crippen molar-refractivity contribution in [2.45, 2.75) is 44.1 Å². The lowest BCUT2D eigenvalue weighted by molar-refractivity contribution is 0.0797. The summed E-state index contributed by atoms with van der Waals surface area (Å²) in [4.78, 5) is 14.0. The van der Waals surface area contributed by atoms with Crippen LogP contribution in [0.2, 0.25) is 0 Å². The van der Waals surface area contributed by atoms with Crippen LogP contribution in [0.4, 0.5) is 13.6 Å². The molecule has 0 spiro atoms. The number of piperidine rings is 1. The van der Waals surface area contributed by atoms with Crippen molar-refractivity contribution >= 4 is 6.03 Å². The minimum atomic E-state index is -0.608. The molecule has 1 aromatic rings. The molecule has 1 atom stereocenters. The third kappa shape index (κ3) is 3.38. The minimum Gasteiger partial charge on any atom is -0.393 e. The Morgan fingerprint density at radius 3 is 2.42 bits per heavy atom. The number of nitrogens with one attached hydrogen (secondary N) is 1. The van der Waals surface area contributed by atoms with Gasteiger partial charge in [-0.3, -0.25) is 0 Å². The number of rotatable bonds is 4. The Hall–Kier alpha value is -1.69. The molecule has 132 valence electrons. The Morgan fingerprint density at radius 2 is 1.92 bits per heavy atom. The summed E-state index contributed by atoms with van der Waals surface area (Å²) in [5.41, 5.74) is -0.513. The Kier molecular flexibility index (Phi) is 4.76. The van der Waals surface area contributed by atoms with Crippen LogP contribution in [0.15, 0.2) is 18.2 Å². The highest BCUT2D eigenvalue weighted by Crippen LogP contribution is 2.49. The van der Waals surface area contributed by atoms with Crippen LogP contribution >= 0.6 is 0 Å². The number of carbonyl (C=O) groups is 1. The lowest BCUT2D eigenvalue weighted by atomic mass is 9.92. The van der Waals surface area contributed by atoms with E-state index in [1.807, 2.05) is 0 Å². The Labute approximate surface area is 140 Å².